The molecule has 1 aromatic carbocycles. The summed E-state index contributed by atoms with van der Waals surface area (Å²) in [5.41, 5.74) is 1.58. The topological polar surface area (TPSA) is 81.4 Å². The monoisotopic (exact) mass is 396 g/mol. The quantitative estimate of drug-likeness (QED) is 0.590. The van der Waals surface area contributed by atoms with Crippen molar-refractivity contribution in [2.24, 2.45) is 0 Å². The minimum absolute atomic E-state index is 0.175. The van der Waals surface area contributed by atoms with Crippen molar-refractivity contribution in [2.45, 2.75) is 17.9 Å². The van der Waals surface area contributed by atoms with Crippen LogP contribution in [-0.4, -0.2) is 51.9 Å². The van der Waals surface area contributed by atoms with E-state index >= 15 is 0 Å². The number of likely N-dealkylation sites (tertiary alicyclic amines) is 1. The fourth-order valence-corrected chi connectivity index (χ4v) is 3.73. The minimum Gasteiger partial charge on any atom is -0.497 e. The molecule has 28 heavy (non-hydrogen) atoms. The molecular weight excluding hydrogens is 376 g/mol. The van der Waals surface area contributed by atoms with Crippen LogP contribution in [0.5, 0.6) is 5.75 Å². The van der Waals surface area contributed by atoms with Crippen molar-refractivity contribution in [3.63, 3.8) is 0 Å². The lowest BCUT2D eigenvalue weighted by Crippen LogP contribution is -2.29. The summed E-state index contributed by atoms with van der Waals surface area (Å²) in [7, 11) is 1.62. The smallest absolute Gasteiger partial charge is 0.259 e. The van der Waals surface area contributed by atoms with Gasteiger partial charge < -0.3 is 14.2 Å². The summed E-state index contributed by atoms with van der Waals surface area (Å²) in [5.74, 6) is 2.27. The van der Waals surface area contributed by atoms with Crippen LogP contribution in [0.3, 0.4) is 0 Å². The standard InChI is InChI=1S/C20H20N4O3S/c1-26-16-7-4-14(5-8-16)19-22-20(27-23-19)15-6-9-17(21-12-15)28-13-18(25)24-10-2-3-11-24/h4-9,12H,2-3,10-11,13H2,1H3. The number of pyridine rings is 1. The number of thioether (sulfide) groups is 1. The normalized spacial score (nSPS) is 13.7. The molecule has 144 valence electrons. The van der Waals surface area contributed by atoms with Crippen LogP contribution in [0.4, 0.5) is 0 Å². The van der Waals surface area contributed by atoms with Gasteiger partial charge >= 0.3 is 0 Å². The predicted octanol–water partition coefficient (Wildman–Crippen LogP) is 3.52. The second-order valence-electron chi connectivity index (χ2n) is 6.41. The Morgan fingerprint density at radius 2 is 1.89 bits per heavy atom. The van der Waals surface area contributed by atoms with Gasteiger partial charge in [-0.3, -0.25) is 4.79 Å². The summed E-state index contributed by atoms with van der Waals surface area (Å²) in [5, 5.41) is 4.83. The highest BCUT2D eigenvalue weighted by atomic mass is 32.2. The van der Waals surface area contributed by atoms with Crippen molar-refractivity contribution in [3.8, 4) is 28.6 Å². The predicted molar refractivity (Wildman–Crippen MR) is 106 cm³/mol. The molecule has 0 aliphatic carbocycles. The molecule has 0 unspecified atom stereocenters. The number of rotatable bonds is 6. The van der Waals surface area contributed by atoms with Crippen molar-refractivity contribution in [1.29, 1.82) is 0 Å². The Hall–Kier alpha value is -2.87. The number of amides is 1. The third kappa shape index (κ3) is 4.17. The Morgan fingerprint density at radius 1 is 1.14 bits per heavy atom. The van der Waals surface area contributed by atoms with Crippen LogP contribution in [0.25, 0.3) is 22.8 Å². The molecule has 1 fully saturated rings. The molecule has 0 bridgehead atoms. The molecule has 3 heterocycles. The van der Waals surface area contributed by atoms with Gasteiger partial charge in [0.15, 0.2) is 0 Å². The summed E-state index contributed by atoms with van der Waals surface area (Å²) < 4.78 is 10.5. The fraction of sp³-hybridized carbons (Fsp3) is 0.300. The van der Waals surface area contributed by atoms with Gasteiger partial charge in [-0.25, -0.2) is 4.98 Å². The zero-order valence-electron chi connectivity index (χ0n) is 15.5. The van der Waals surface area contributed by atoms with E-state index in [4.69, 9.17) is 9.26 Å². The minimum atomic E-state index is 0.175. The Morgan fingerprint density at radius 3 is 2.57 bits per heavy atom. The summed E-state index contributed by atoms with van der Waals surface area (Å²) in [6, 6.07) is 11.2. The Kier molecular flexibility index (Phi) is 5.57. The molecule has 0 N–H and O–H groups in total. The molecule has 4 rings (SSSR count). The number of aromatic nitrogens is 3. The zero-order valence-corrected chi connectivity index (χ0v) is 16.3. The van der Waals surface area contributed by atoms with Crippen molar-refractivity contribution in [1.82, 2.24) is 20.0 Å². The number of carbonyl (C=O) groups is 1. The molecule has 1 amide bonds. The van der Waals surface area contributed by atoms with E-state index in [0.29, 0.717) is 17.5 Å². The van der Waals surface area contributed by atoms with Crippen molar-refractivity contribution in [2.75, 3.05) is 26.0 Å². The molecule has 0 spiro atoms. The summed E-state index contributed by atoms with van der Waals surface area (Å²) in [4.78, 5) is 22.9. The van der Waals surface area contributed by atoms with E-state index in [1.165, 1.54) is 11.8 Å². The van der Waals surface area contributed by atoms with E-state index in [9.17, 15) is 4.79 Å². The number of carbonyl (C=O) groups excluding carboxylic acids is 1. The summed E-state index contributed by atoms with van der Waals surface area (Å²) in [6.45, 7) is 1.75. The summed E-state index contributed by atoms with van der Waals surface area (Å²) >= 11 is 1.44. The Labute approximate surface area is 167 Å². The second-order valence-corrected chi connectivity index (χ2v) is 7.41. The van der Waals surface area contributed by atoms with Gasteiger partial charge in [0.1, 0.15) is 5.75 Å². The molecule has 0 radical (unpaired) electrons. The largest absolute Gasteiger partial charge is 0.497 e. The van der Waals surface area contributed by atoms with Gasteiger partial charge in [0.25, 0.3) is 5.89 Å². The third-order valence-electron chi connectivity index (χ3n) is 4.56. The van der Waals surface area contributed by atoms with E-state index < -0.39 is 0 Å². The van der Waals surface area contributed by atoms with E-state index in [1.807, 2.05) is 41.3 Å². The molecule has 0 saturated carbocycles. The highest BCUT2D eigenvalue weighted by Crippen LogP contribution is 2.25. The molecule has 3 aromatic rings. The van der Waals surface area contributed by atoms with E-state index in [2.05, 4.69) is 15.1 Å². The highest BCUT2D eigenvalue weighted by molar-refractivity contribution is 7.99. The fourth-order valence-electron chi connectivity index (χ4n) is 2.98. The van der Waals surface area contributed by atoms with Gasteiger partial charge in [0, 0.05) is 24.8 Å². The molecular formula is C20H20N4O3S. The van der Waals surface area contributed by atoms with Crippen LogP contribution >= 0.6 is 11.8 Å². The van der Waals surface area contributed by atoms with Crippen molar-refractivity contribution >= 4 is 17.7 Å². The average Bonchev–Trinajstić information content (AvgIpc) is 3.45. The van der Waals surface area contributed by atoms with Crippen LogP contribution in [0.15, 0.2) is 52.1 Å². The lowest BCUT2D eigenvalue weighted by Gasteiger charge is -2.14. The first-order valence-corrected chi connectivity index (χ1v) is 10.1. The summed E-state index contributed by atoms with van der Waals surface area (Å²) in [6.07, 6.45) is 3.89. The molecule has 7 nitrogen and oxygen atoms in total. The third-order valence-corrected chi connectivity index (χ3v) is 5.49. The molecule has 8 heteroatoms. The number of ether oxygens (including phenoxy) is 1. The van der Waals surface area contributed by atoms with Gasteiger partial charge in [-0.1, -0.05) is 16.9 Å². The van der Waals surface area contributed by atoms with Crippen molar-refractivity contribution in [3.05, 3.63) is 42.6 Å². The Bertz CT molecular complexity index is 935. The van der Waals surface area contributed by atoms with Gasteiger partial charge in [-0.15, -0.1) is 0 Å². The number of nitrogens with zero attached hydrogens (tertiary/aromatic N) is 4. The Balaban J connectivity index is 1.39. The lowest BCUT2D eigenvalue weighted by atomic mass is 10.2. The van der Waals surface area contributed by atoms with Crippen LogP contribution in [0.2, 0.25) is 0 Å². The maximum absolute atomic E-state index is 12.1. The van der Waals surface area contributed by atoms with Crippen LogP contribution in [0.1, 0.15) is 12.8 Å². The van der Waals surface area contributed by atoms with Crippen LogP contribution < -0.4 is 4.74 Å². The SMILES string of the molecule is COc1ccc(-c2noc(-c3ccc(SCC(=O)N4CCCC4)nc3)n2)cc1. The zero-order chi connectivity index (χ0) is 19.3. The van der Waals surface area contributed by atoms with E-state index in [-0.39, 0.29) is 5.91 Å². The highest BCUT2D eigenvalue weighted by Gasteiger charge is 2.18. The molecule has 1 saturated heterocycles. The van der Waals surface area contributed by atoms with Gasteiger partial charge in [0.2, 0.25) is 11.7 Å². The van der Waals surface area contributed by atoms with Gasteiger partial charge in [-0.2, -0.15) is 4.98 Å². The first kappa shape index (κ1) is 18.5. The number of benzene rings is 1. The molecule has 1 aliphatic heterocycles. The first-order valence-electron chi connectivity index (χ1n) is 9.08. The van der Waals surface area contributed by atoms with E-state index in [1.54, 1.807) is 13.3 Å². The van der Waals surface area contributed by atoms with Gasteiger partial charge in [0.05, 0.1) is 23.5 Å². The van der Waals surface area contributed by atoms with Crippen LogP contribution in [-0.2, 0) is 4.79 Å². The first-order chi connectivity index (χ1) is 13.7. The number of methoxy groups -OCH3 is 1. The maximum Gasteiger partial charge on any atom is 0.259 e. The number of hydrogen-bond acceptors (Lipinski definition) is 7. The molecule has 2 aromatic heterocycles. The number of hydrogen-bond donors (Lipinski definition) is 0. The average molecular weight is 396 g/mol. The molecule has 1 aliphatic rings. The van der Waals surface area contributed by atoms with Crippen LogP contribution in [0, 0.1) is 0 Å². The lowest BCUT2D eigenvalue weighted by molar-refractivity contribution is -0.127. The van der Waals surface area contributed by atoms with E-state index in [0.717, 1.165) is 47.8 Å². The van der Waals surface area contributed by atoms with Crippen molar-refractivity contribution < 1.29 is 14.1 Å². The molecule has 0 atom stereocenters. The second kappa shape index (κ2) is 8.43. The van der Waals surface area contributed by atoms with Gasteiger partial charge in [-0.05, 0) is 49.2 Å². The maximum atomic E-state index is 12.1.